The van der Waals surface area contributed by atoms with E-state index in [1.165, 1.54) is 11.3 Å². The Balaban J connectivity index is 1.35. The van der Waals surface area contributed by atoms with Crippen molar-refractivity contribution in [3.8, 4) is 16.8 Å². The molecule has 4 rings (SSSR count). The van der Waals surface area contributed by atoms with E-state index in [4.69, 9.17) is 14.0 Å². The molecule has 8 nitrogen and oxygen atoms in total. The van der Waals surface area contributed by atoms with Crippen molar-refractivity contribution in [3.63, 3.8) is 0 Å². The molecule has 0 unspecified atom stereocenters. The quantitative estimate of drug-likeness (QED) is 0.102. The second kappa shape index (κ2) is 15.0. The fraction of sp³-hybridized carbons (Fsp3) is 0.457. The lowest BCUT2D eigenvalue weighted by molar-refractivity contribution is -0.160. The first-order valence-electron chi connectivity index (χ1n) is 15.3. The molecule has 0 bridgehead atoms. The monoisotopic (exact) mass is 586 g/mol. The fourth-order valence-electron chi connectivity index (χ4n) is 5.26. The minimum Gasteiger partial charge on any atom is -0.458 e. The minimum absolute atomic E-state index is 0.0211. The number of aromatic nitrogens is 3. The average molecular weight is 587 g/mol. The van der Waals surface area contributed by atoms with Crippen LogP contribution in [0.3, 0.4) is 0 Å². The molecule has 0 spiro atoms. The molecule has 0 aliphatic rings. The van der Waals surface area contributed by atoms with Crippen LogP contribution < -0.4 is 4.90 Å². The summed E-state index contributed by atoms with van der Waals surface area (Å²) < 4.78 is 18.3. The molecule has 43 heavy (non-hydrogen) atoms. The van der Waals surface area contributed by atoms with Crippen molar-refractivity contribution in [3.05, 3.63) is 78.2 Å². The number of unbranched alkanes of at least 4 members (excludes halogenated alkanes) is 5. The maximum atomic E-state index is 11.8. The summed E-state index contributed by atoms with van der Waals surface area (Å²) in [6, 6.07) is 15.3. The summed E-state index contributed by atoms with van der Waals surface area (Å²) in [5, 5.41) is 4.18. The molecule has 2 heterocycles. The summed E-state index contributed by atoms with van der Waals surface area (Å²) in [4.78, 5) is 18.4. The summed E-state index contributed by atoms with van der Waals surface area (Å²) in [6.45, 7) is 13.2. The SMILES string of the molecule is Cc1ccc(-c2c(C)noc2C)cc1N(CCCCCCCCOCC(=O)OC(C)(C)C)c1ccc(-n2ccnc2)cc1. The van der Waals surface area contributed by atoms with Crippen molar-refractivity contribution < 1.29 is 18.8 Å². The van der Waals surface area contributed by atoms with Gasteiger partial charge in [0.05, 0.1) is 12.0 Å². The lowest BCUT2D eigenvalue weighted by Gasteiger charge is -2.28. The normalized spacial score (nSPS) is 11.6. The zero-order chi connectivity index (χ0) is 30.8. The maximum absolute atomic E-state index is 11.8. The van der Waals surface area contributed by atoms with Crippen LogP contribution in [0.15, 0.2) is 65.7 Å². The van der Waals surface area contributed by atoms with E-state index in [-0.39, 0.29) is 12.6 Å². The Hall–Kier alpha value is -3.91. The number of anilines is 2. The van der Waals surface area contributed by atoms with Gasteiger partial charge in [-0.25, -0.2) is 9.78 Å². The molecule has 0 amide bonds. The molecule has 0 N–H and O–H groups in total. The number of carbonyl (C=O) groups excluding carboxylic acids is 1. The van der Waals surface area contributed by atoms with E-state index in [0.717, 1.165) is 79.0 Å². The Morgan fingerprint density at radius 2 is 1.67 bits per heavy atom. The molecule has 8 heteroatoms. The van der Waals surface area contributed by atoms with E-state index in [2.05, 4.69) is 64.4 Å². The molecule has 0 saturated carbocycles. The average Bonchev–Trinajstić information content (AvgIpc) is 3.62. The van der Waals surface area contributed by atoms with Gasteiger partial charge in [0.25, 0.3) is 0 Å². The smallest absolute Gasteiger partial charge is 0.332 e. The van der Waals surface area contributed by atoms with E-state index in [9.17, 15) is 4.79 Å². The third-order valence-electron chi connectivity index (χ3n) is 7.35. The van der Waals surface area contributed by atoms with Gasteiger partial charge in [-0.3, -0.25) is 0 Å². The number of rotatable bonds is 15. The zero-order valence-corrected chi connectivity index (χ0v) is 26.6. The summed E-state index contributed by atoms with van der Waals surface area (Å²) in [6.07, 6.45) is 12.1. The Labute approximate surface area is 256 Å². The number of aryl methyl sites for hydroxylation is 3. The van der Waals surface area contributed by atoms with Crippen LogP contribution in [0.4, 0.5) is 11.4 Å². The molecule has 0 saturated heterocycles. The predicted molar refractivity (Wildman–Crippen MR) is 171 cm³/mol. The first kappa shape index (κ1) is 32.0. The second-order valence-corrected chi connectivity index (χ2v) is 12.1. The molecule has 2 aromatic heterocycles. The molecule has 0 aliphatic heterocycles. The third-order valence-corrected chi connectivity index (χ3v) is 7.35. The highest BCUT2D eigenvalue weighted by Gasteiger charge is 2.18. The zero-order valence-electron chi connectivity index (χ0n) is 26.6. The summed E-state index contributed by atoms with van der Waals surface area (Å²) in [7, 11) is 0. The van der Waals surface area contributed by atoms with Gasteiger partial charge in [0, 0.05) is 48.2 Å². The Morgan fingerprint density at radius 3 is 2.33 bits per heavy atom. The van der Waals surface area contributed by atoms with Crippen LogP contribution in [0.5, 0.6) is 0 Å². The van der Waals surface area contributed by atoms with Gasteiger partial charge >= 0.3 is 5.97 Å². The van der Waals surface area contributed by atoms with Gasteiger partial charge in [-0.15, -0.1) is 0 Å². The summed E-state index contributed by atoms with van der Waals surface area (Å²) >= 11 is 0. The Kier molecular flexibility index (Phi) is 11.2. The van der Waals surface area contributed by atoms with Gasteiger partial charge in [-0.05, 0) is 95.8 Å². The number of ether oxygens (including phenoxy) is 2. The minimum atomic E-state index is -0.475. The van der Waals surface area contributed by atoms with Gasteiger partial charge in [-0.2, -0.15) is 0 Å². The summed E-state index contributed by atoms with van der Waals surface area (Å²) in [5.41, 5.74) is 7.26. The van der Waals surface area contributed by atoms with Crippen molar-refractivity contribution in [2.45, 2.75) is 85.7 Å². The fourth-order valence-corrected chi connectivity index (χ4v) is 5.26. The molecule has 0 aliphatic carbocycles. The number of esters is 1. The second-order valence-electron chi connectivity index (χ2n) is 12.1. The Bertz CT molecular complexity index is 1420. The van der Waals surface area contributed by atoms with E-state index in [1.807, 2.05) is 51.7 Å². The predicted octanol–water partition coefficient (Wildman–Crippen LogP) is 8.29. The van der Waals surface area contributed by atoms with Crippen LogP contribution >= 0.6 is 0 Å². The van der Waals surface area contributed by atoms with E-state index in [0.29, 0.717) is 6.61 Å². The molecular weight excluding hydrogens is 540 g/mol. The van der Waals surface area contributed by atoms with Crippen LogP contribution in [0.2, 0.25) is 0 Å². The van der Waals surface area contributed by atoms with E-state index >= 15 is 0 Å². The third kappa shape index (κ3) is 9.29. The molecule has 2 aromatic carbocycles. The molecule has 4 aromatic rings. The van der Waals surface area contributed by atoms with E-state index < -0.39 is 5.60 Å². The highest BCUT2D eigenvalue weighted by atomic mass is 16.6. The maximum Gasteiger partial charge on any atom is 0.332 e. The molecule has 0 atom stereocenters. The number of nitrogens with zero attached hydrogens (tertiary/aromatic N) is 4. The van der Waals surface area contributed by atoms with Gasteiger partial charge in [0.1, 0.15) is 18.0 Å². The number of imidazole rings is 1. The molecule has 230 valence electrons. The van der Waals surface area contributed by atoms with Crippen LogP contribution in [0.25, 0.3) is 16.8 Å². The standard InChI is InChI=1S/C35H46N4O4/c1-26-13-14-29(34-27(2)37-43-28(34)3)23-32(26)39(31-17-15-30(16-18-31)38-21-19-36-25-38)20-11-9-7-8-10-12-22-41-24-33(40)42-35(4,5)6/h13-19,21,23,25H,7-12,20,22,24H2,1-6H3. The Morgan fingerprint density at radius 1 is 0.953 bits per heavy atom. The number of hydrogen-bond donors (Lipinski definition) is 0. The van der Waals surface area contributed by atoms with Crippen molar-refractivity contribution in [1.29, 1.82) is 0 Å². The van der Waals surface area contributed by atoms with Crippen LogP contribution in [0, 0.1) is 20.8 Å². The van der Waals surface area contributed by atoms with Crippen LogP contribution in [-0.4, -0.2) is 46.0 Å². The number of carbonyl (C=O) groups is 1. The van der Waals surface area contributed by atoms with Gasteiger partial charge in [0.15, 0.2) is 0 Å². The first-order valence-corrected chi connectivity index (χ1v) is 15.3. The van der Waals surface area contributed by atoms with Gasteiger partial charge < -0.3 is 23.5 Å². The highest BCUT2D eigenvalue weighted by Crippen LogP contribution is 2.35. The van der Waals surface area contributed by atoms with Crippen LogP contribution in [-0.2, 0) is 14.3 Å². The first-order chi connectivity index (χ1) is 20.6. The molecule has 0 fully saturated rings. The molecule has 0 radical (unpaired) electrons. The van der Waals surface area contributed by atoms with Crippen molar-refractivity contribution in [1.82, 2.24) is 14.7 Å². The number of benzene rings is 2. The van der Waals surface area contributed by atoms with E-state index in [1.54, 1.807) is 6.20 Å². The van der Waals surface area contributed by atoms with Gasteiger partial charge in [-0.1, -0.05) is 43.0 Å². The summed E-state index contributed by atoms with van der Waals surface area (Å²) in [5.74, 6) is 0.527. The van der Waals surface area contributed by atoms with Crippen LogP contribution in [0.1, 0.15) is 76.3 Å². The van der Waals surface area contributed by atoms with Crippen molar-refractivity contribution >= 4 is 17.3 Å². The lowest BCUT2D eigenvalue weighted by Crippen LogP contribution is -2.26. The topological polar surface area (TPSA) is 82.6 Å². The van der Waals surface area contributed by atoms with Gasteiger partial charge in [0.2, 0.25) is 0 Å². The highest BCUT2D eigenvalue weighted by molar-refractivity contribution is 5.76. The van der Waals surface area contributed by atoms with Crippen molar-refractivity contribution in [2.24, 2.45) is 0 Å². The largest absolute Gasteiger partial charge is 0.458 e. The van der Waals surface area contributed by atoms with Crippen molar-refractivity contribution in [2.75, 3.05) is 24.7 Å². The number of hydrogen-bond acceptors (Lipinski definition) is 7. The lowest BCUT2D eigenvalue weighted by atomic mass is 10.0. The molecular formula is C35H46N4O4.